The standard InChI is InChI=1S/C19H23FN2O2/c1-13-9-16(7-8-18(13)20)12-21-19(23)22-14(2)10-15-5-4-6-17(11-15)24-3/h4-9,11,14H,10,12H2,1-3H3,(H2,21,22,23). The molecule has 2 aromatic rings. The van der Waals surface area contributed by atoms with Gasteiger partial charge in [-0.1, -0.05) is 24.3 Å². The number of carbonyl (C=O) groups excluding carboxylic acids is 1. The average molecular weight is 330 g/mol. The summed E-state index contributed by atoms with van der Waals surface area (Å²) >= 11 is 0. The second kappa shape index (κ2) is 8.34. The molecule has 0 aliphatic heterocycles. The normalized spacial score (nSPS) is 11.7. The third-order valence-electron chi connectivity index (χ3n) is 3.73. The predicted molar refractivity (Wildman–Crippen MR) is 92.7 cm³/mol. The molecule has 2 aromatic carbocycles. The largest absolute Gasteiger partial charge is 0.497 e. The summed E-state index contributed by atoms with van der Waals surface area (Å²) in [6.07, 6.45) is 0.709. The van der Waals surface area contributed by atoms with Crippen molar-refractivity contribution in [2.75, 3.05) is 7.11 Å². The lowest BCUT2D eigenvalue weighted by atomic mass is 10.1. The van der Waals surface area contributed by atoms with Crippen LogP contribution in [0.2, 0.25) is 0 Å². The Hall–Kier alpha value is -2.56. The first-order chi connectivity index (χ1) is 11.5. The van der Waals surface area contributed by atoms with Gasteiger partial charge in [0.1, 0.15) is 11.6 Å². The van der Waals surface area contributed by atoms with E-state index in [2.05, 4.69) is 10.6 Å². The Kier molecular flexibility index (Phi) is 6.18. The Balaban J connectivity index is 1.81. The second-order valence-corrected chi connectivity index (χ2v) is 5.87. The van der Waals surface area contributed by atoms with Gasteiger partial charge in [0.25, 0.3) is 0 Å². The lowest BCUT2D eigenvalue weighted by Gasteiger charge is -2.15. The molecular weight excluding hydrogens is 307 g/mol. The molecule has 0 aromatic heterocycles. The van der Waals surface area contributed by atoms with Gasteiger partial charge < -0.3 is 15.4 Å². The number of urea groups is 1. The highest BCUT2D eigenvalue weighted by Gasteiger charge is 2.09. The minimum Gasteiger partial charge on any atom is -0.497 e. The van der Waals surface area contributed by atoms with Gasteiger partial charge in [-0.25, -0.2) is 9.18 Å². The van der Waals surface area contributed by atoms with Crippen LogP contribution < -0.4 is 15.4 Å². The number of ether oxygens (including phenoxy) is 1. The van der Waals surface area contributed by atoms with Crippen molar-refractivity contribution in [2.45, 2.75) is 32.9 Å². The van der Waals surface area contributed by atoms with Crippen molar-refractivity contribution in [1.82, 2.24) is 10.6 Å². The smallest absolute Gasteiger partial charge is 0.315 e. The number of hydrogen-bond acceptors (Lipinski definition) is 2. The maximum atomic E-state index is 13.2. The molecule has 128 valence electrons. The molecular formula is C19H23FN2O2. The van der Waals surface area contributed by atoms with Gasteiger partial charge in [-0.05, 0) is 55.2 Å². The fraction of sp³-hybridized carbons (Fsp3) is 0.316. The fourth-order valence-electron chi connectivity index (χ4n) is 2.48. The zero-order valence-corrected chi connectivity index (χ0v) is 14.2. The first kappa shape index (κ1) is 17.8. The van der Waals surface area contributed by atoms with E-state index < -0.39 is 0 Å². The number of aryl methyl sites for hydroxylation is 1. The molecule has 5 heteroatoms. The Bertz CT molecular complexity index is 704. The van der Waals surface area contributed by atoms with Crippen molar-refractivity contribution < 1.29 is 13.9 Å². The number of amides is 2. The summed E-state index contributed by atoms with van der Waals surface area (Å²) in [5.74, 6) is 0.561. The monoisotopic (exact) mass is 330 g/mol. The lowest BCUT2D eigenvalue weighted by Crippen LogP contribution is -2.41. The van der Waals surface area contributed by atoms with Crippen molar-refractivity contribution >= 4 is 6.03 Å². The molecule has 2 amide bonds. The van der Waals surface area contributed by atoms with Crippen LogP contribution in [0.4, 0.5) is 9.18 Å². The first-order valence-corrected chi connectivity index (χ1v) is 7.90. The van der Waals surface area contributed by atoms with E-state index in [1.807, 2.05) is 31.2 Å². The number of hydrogen-bond donors (Lipinski definition) is 2. The summed E-state index contributed by atoms with van der Waals surface area (Å²) in [4.78, 5) is 12.0. The molecule has 1 atom stereocenters. The summed E-state index contributed by atoms with van der Waals surface area (Å²) in [6, 6.07) is 12.3. The van der Waals surface area contributed by atoms with Gasteiger partial charge in [-0.3, -0.25) is 0 Å². The van der Waals surface area contributed by atoms with Crippen molar-refractivity contribution in [3.8, 4) is 5.75 Å². The highest BCUT2D eigenvalue weighted by atomic mass is 19.1. The second-order valence-electron chi connectivity index (χ2n) is 5.87. The van der Waals surface area contributed by atoms with E-state index in [4.69, 9.17) is 4.74 Å². The van der Waals surface area contributed by atoms with Crippen molar-refractivity contribution in [3.63, 3.8) is 0 Å². The number of benzene rings is 2. The van der Waals surface area contributed by atoms with E-state index >= 15 is 0 Å². The maximum absolute atomic E-state index is 13.2. The van der Waals surface area contributed by atoms with Crippen LogP contribution in [0.3, 0.4) is 0 Å². The van der Waals surface area contributed by atoms with Gasteiger partial charge in [0.2, 0.25) is 0 Å². The summed E-state index contributed by atoms with van der Waals surface area (Å²) in [7, 11) is 1.63. The van der Waals surface area contributed by atoms with Crippen LogP contribution in [0.1, 0.15) is 23.6 Å². The highest BCUT2D eigenvalue weighted by Crippen LogP contribution is 2.14. The van der Waals surface area contributed by atoms with Crippen LogP contribution in [0.15, 0.2) is 42.5 Å². The SMILES string of the molecule is COc1cccc(CC(C)NC(=O)NCc2ccc(F)c(C)c2)c1. The molecule has 0 aliphatic rings. The van der Waals surface area contributed by atoms with E-state index in [0.29, 0.717) is 18.5 Å². The number of nitrogens with one attached hydrogen (secondary N) is 2. The summed E-state index contributed by atoms with van der Waals surface area (Å²) < 4.78 is 18.4. The molecule has 0 fully saturated rings. The Morgan fingerprint density at radius 2 is 2.00 bits per heavy atom. The van der Waals surface area contributed by atoms with E-state index in [1.54, 1.807) is 26.2 Å². The molecule has 0 saturated heterocycles. The van der Waals surface area contributed by atoms with Gasteiger partial charge in [-0.2, -0.15) is 0 Å². The summed E-state index contributed by atoms with van der Waals surface area (Å²) in [5, 5.41) is 5.68. The number of carbonyl (C=O) groups is 1. The average Bonchev–Trinajstić information content (AvgIpc) is 2.56. The van der Waals surface area contributed by atoms with Gasteiger partial charge in [0.05, 0.1) is 7.11 Å². The van der Waals surface area contributed by atoms with Gasteiger partial charge in [0, 0.05) is 12.6 Å². The van der Waals surface area contributed by atoms with Crippen LogP contribution in [-0.4, -0.2) is 19.2 Å². The first-order valence-electron chi connectivity index (χ1n) is 7.90. The third-order valence-corrected chi connectivity index (χ3v) is 3.73. The number of methoxy groups -OCH3 is 1. The molecule has 0 saturated carbocycles. The van der Waals surface area contributed by atoms with E-state index in [9.17, 15) is 9.18 Å². The molecule has 2 N–H and O–H groups in total. The molecule has 0 heterocycles. The third kappa shape index (κ3) is 5.26. The zero-order chi connectivity index (χ0) is 17.5. The zero-order valence-electron chi connectivity index (χ0n) is 14.2. The summed E-state index contributed by atoms with van der Waals surface area (Å²) in [6.45, 7) is 4.01. The Morgan fingerprint density at radius 3 is 2.71 bits per heavy atom. The Morgan fingerprint density at radius 1 is 1.21 bits per heavy atom. The predicted octanol–water partition coefficient (Wildman–Crippen LogP) is 3.57. The van der Waals surface area contributed by atoms with E-state index in [1.165, 1.54) is 6.07 Å². The van der Waals surface area contributed by atoms with E-state index in [0.717, 1.165) is 16.9 Å². The minimum atomic E-state index is -0.243. The van der Waals surface area contributed by atoms with Crippen LogP contribution in [0.5, 0.6) is 5.75 Å². The van der Waals surface area contributed by atoms with Gasteiger partial charge >= 0.3 is 6.03 Å². The lowest BCUT2D eigenvalue weighted by molar-refractivity contribution is 0.237. The molecule has 4 nitrogen and oxygen atoms in total. The van der Waals surface area contributed by atoms with Crippen LogP contribution in [0, 0.1) is 12.7 Å². The highest BCUT2D eigenvalue weighted by molar-refractivity contribution is 5.74. The van der Waals surface area contributed by atoms with Gasteiger partial charge in [0.15, 0.2) is 0 Å². The van der Waals surface area contributed by atoms with Crippen LogP contribution in [0.25, 0.3) is 0 Å². The quantitative estimate of drug-likeness (QED) is 0.851. The molecule has 0 bridgehead atoms. The molecule has 0 spiro atoms. The molecule has 24 heavy (non-hydrogen) atoms. The summed E-state index contributed by atoms with van der Waals surface area (Å²) in [5.41, 5.74) is 2.53. The topological polar surface area (TPSA) is 50.4 Å². The molecule has 2 rings (SSSR count). The molecule has 0 aliphatic carbocycles. The molecule has 1 unspecified atom stereocenters. The number of halogens is 1. The number of rotatable bonds is 6. The maximum Gasteiger partial charge on any atom is 0.315 e. The molecule has 0 radical (unpaired) electrons. The van der Waals surface area contributed by atoms with Crippen molar-refractivity contribution in [3.05, 3.63) is 65.0 Å². The van der Waals surface area contributed by atoms with Gasteiger partial charge in [-0.15, -0.1) is 0 Å². The van der Waals surface area contributed by atoms with Crippen molar-refractivity contribution in [1.29, 1.82) is 0 Å². The van der Waals surface area contributed by atoms with Crippen molar-refractivity contribution in [2.24, 2.45) is 0 Å². The fourth-order valence-corrected chi connectivity index (χ4v) is 2.48. The van der Waals surface area contributed by atoms with Crippen LogP contribution in [-0.2, 0) is 13.0 Å². The van der Waals surface area contributed by atoms with Crippen LogP contribution >= 0.6 is 0 Å². The Labute approximate surface area is 142 Å². The van der Waals surface area contributed by atoms with E-state index in [-0.39, 0.29) is 17.9 Å². The minimum absolute atomic E-state index is 0.0212.